The highest BCUT2D eigenvalue weighted by Gasteiger charge is 2.35. The van der Waals surface area contributed by atoms with Gasteiger partial charge in [-0.3, -0.25) is 19.8 Å². The number of carbonyl (C=O) groups excluding carboxylic acids is 2. The third-order valence-corrected chi connectivity index (χ3v) is 5.53. The molecule has 5 nitrogen and oxygen atoms in total. The van der Waals surface area contributed by atoms with Crippen molar-refractivity contribution in [3.05, 3.63) is 64.4 Å². The molecule has 2 aliphatic heterocycles. The molecule has 2 aromatic rings. The van der Waals surface area contributed by atoms with Crippen molar-refractivity contribution in [2.45, 2.75) is 12.8 Å². The van der Waals surface area contributed by atoms with E-state index < -0.39 is 11.8 Å². The van der Waals surface area contributed by atoms with Crippen molar-refractivity contribution in [1.82, 2.24) is 5.32 Å². The highest BCUT2D eigenvalue weighted by molar-refractivity contribution is 7.80. The van der Waals surface area contributed by atoms with Crippen LogP contribution in [0, 0.1) is 5.82 Å². The Hall–Kier alpha value is -2.77. The largest absolute Gasteiger partial charge is 0.369 e. The van der Waals surface area contributed by atoms with Crippen LogP contribution >= 0.6 is 23.8 Å². The van der Waals surface area contributed by atoms with Gasteiger partial charge in [0.2, 0.25) is 0 Å². The number of carbonyl (C=O) groups is 2. The van der Waals surface area contributed by atoms with Crippen LogP contribution in [0.2, 0.25) is 5.02 Å². The summed E-state index contributed by atoms with van der Waals surface area (Å²) < 4.78 is 14.6. The Balaban J connectivity index is 1.68. The van der Waals surface area contributed by atoms with Crippen LogP contribution < -0.4 is 15.1 Å². The Kier molecular flexibility index (Phi) is 5.34. The Bertz CT molecular complexity index is 1050. The topological polar surface area (TPSA) is 52.7 Å². The van der Waals surface area contributed by atoms with Crippen molar-refractivity contribution in [3.63, 3.8) is 0 Å². The predicted molar refractivity (Wildman–Crippen MR) is 116 cm³/mol. The molecule has 0 atom stereocenters. The third-order valence-electron chi connectivity index (χ3n) is 4.92. The summed E-state index contributed by atoms with van der Waals surface area (Å²) in [7, 11) is 0. The average molecular weight is 430 g/mol. The van der Waals surface area contributed by atoms with Crippen molar-refractivity contribution in [1.29, 1.82) is 0 Å². The Morgan fingerprint density at radius 2 is 1.79 bits per heavy atom. The molecule has 2 saturated heterocycles. The molecule has 29 heavy (non-hydrogen) atoms. The molecule has 2 fully saturated rings. The molecule has 1 N–H and O–H groups in total. The summed E-state index contributed by atoms with van der Waals surface area (Å²) >= 11 is 11.4. The molecule has 0 unspecified atom stereocenters. The lowest BCUT2D eigenvalue weighted by Gasteiger charge is -2.29. The summed E-state index contributed by atoms with van der Waals surface area (Å²) in [5, 5.41) is 2.76. The van der Waals surface area contributed by atoms with E-state index in [0.717, 1.165) is 25.9 Å². The fourth-order valence-corrected chi connectivity index (χ4v) is 4.00. The molecule has 8 heteroatoms. The van der Waals surface area contributed by atoms with Gasteiger partial charge in [0.25, 0.3) is 11.8 Å². The fraction of sp³-hybridized carbons (Fsp3) is 0.190. The number of hydrogen-bond acceptors (Lipinski definition) is 4. The summed E-state index contributed by atoms with van der Waals surface area (Å²) in [6.45, 7) is 1.64. The molecule has 0 aliphatic carbocycles. The molecular formula is C21H17ClFN3O2S. The molecule has 4 rings (SSSR count). The lowest BCUT2D eigenvalue weighted by atomic mass is 10.1. The molecule has 0 spiro atoms. The molecule has 2 heterocycles. The van der Waals surface area contributed by atoms with E-state index in [0.29, 0.717) is 22.0 Å². The molecule has 2 amide bonds. The molecular weight excluding hydrogens is 413 g/mol. The summed E-state index contributed by atoms with van der Waals surface area (Å²) in [6.07, 6.45) is 3.44. The number of thiocarbonyl (C=S) groups is 1. The minimum Gasteiger partial charge on any atom is -0.369 e. The zero-order chi connectivity index (χ0) is 20.5. The first-order chi connectivity index (χ1) is 14.0. The summed E-state index contributed by atoms with van der Waals surface area (Å²) in [5.74, 6) is -1.63. The number of benzene rings is 2. The fourth-order valence-electron chi connectivity index (χ4n) is 3.50. The van der Waals surface area contributed by atoms with Gasteiger partial charge in [-0.2, -0.15) is 0 Å². The zero-order valence-electron chi connectivity index (χ0n) is 15.3. The highest BCUT2D eigenvalue weighted by atomic mass is 35.5. The Morgan fingerprint density at radius 3 is 2.48 bits per heavy atom. The van der Waals surface area contributed by atoms with Crippen LogP contribution in [0.3, 0.4) is 0 Å². The molecule has 0 saturated carbocycles. The van der Waals surface area contributed by atoms with E-state index >= 15 is 0 Å². The lowest BCUT2D eigenvalue weighted by Crippen LogP contribution is -2.54. The van der Waals surface area contributed by atoms with Crippen molar-refractivity contribution >= 4 is 58.2 Å². The van der Waals surface area contributed by atoms with Crippen LogP contribution in [-0.4, -0.2) is 30.0 Å². The number of nitrogens with zero attached hydrogens (tertiary/aromatic N) is 2. The first-order valence-corrected chi connectivity index (χ1v) is 9.95. The van der Waals surface area contributed by atoms with Gasteiger partial charge in [-0.1, -0.05) is 29.8 Å². The number of halogens is 2. The van der Waals surface area contributed by atoms with Crippen molar-refractivity contribution < 1.29 is 14.0 Å². The molecule has 2 aliphatic rings. The maximum absolute atomic E-state index is 14.6. The van der Waals surface area contributed by atoms with Gasteiger partial charge in [-0.05, 0) is 61.0 Å². The SMILES string of the molecule is O=C1NC(=S)N(c2ccccc2Cl)C(=O)/C1=C/c1ccc(N2CCCC2)c(F)c1. The second kappa shape index (κ2) is 7.93. The van der Waals surface area contributed by atoms with E-state index in [4.69, 9.17) is 23.8 Å². The Morgan fingerprint density at radius 1 is 1.07 bits per heavy atom. The summed E-state index contributed by atoms with van der Waals surface area (Å²) in [6, 6.07) is 11.4. The number of para-hydroxylation sites is 1. The van der Waals surface area contributed by atoms with Crippen molar-refractivity contribution in [2.75, 3.05) is 22.9 Å². The highest BCUT2D eigenvalue weighted by Crippen LogP contribution is 2.30. The monoisotopic (exact) mass is 429 g/mol. The first-order valence-electron chi connectivity index (χ1n) is 9.16. The van der Waals surface area contributed by atoms with E-state index in [-0.39, 0.29) is 16.5 Å². The minimum atomic E-state index is -0.632. The number of rotatable bonds is 3. The van der Waals surface area contributed by atoms with Gasteiger partial charge in [-0.25, -0.2) is 4.39 Å². The molecule has 0 radical (unpaired) electrons. The summed E-state index contributed by atoms with van der Waals surface area (Å²) in [4.78, 5) is 28.6. The standard InChI is InChI=1S/C21H17ClFN3O2S/c22-15-5-1-2-6-17(15)26-20(28)14(19(27)24-21(26)29)11-13-7-8-18(16(23)12-13)25-9-3-4-10-25/h1-2,5-8,11-12H,3-4,9-10H2,(H,24,27,29)/b14-11+. The lowest BCUT2D eigenvalue weighted by molar-refractivity contribution is -0.122. The van der Waals surface area contributed by atoms with E-state index in [1.54, 1.807) is 36.4 Å². The van der Waals surface area contributed by atoms with E-state index in [9.17, 15) is 14.0 Å². The quantitative estimate of drug-likeness (QED) is 0.456. The van der Waals surface area contributed by atoms with Gasteiger partial charge in [-0.15, -0.1) is 0 Å². The number of amides is 2. The van der Waals surface area contributed by atoms with Crippen molar-refractivity contribution in [3.8, 4) is 0 Å². The van der Waals surface area contributed by atoms with Crippen LogP contribution in [0.15, 0.2) is 48.0 Å². The maximum Gasteiger partial charge on any atom is 0.270 e. The summed E-state index contributed by atoms with van der Waals surface area (Å²) in [5.41, 5.74) is 1.16. The van der Waals surface area contributed by atoms with Crippen molar-refractivity contribution in [2.24, 2.45) is 0 Å². The number of anilines is 2. The first kappa shape index (κ1) is 19.5. The van der Waals surface area contributed by atoms with Gasteiger partial charge in [0.15, 0.2) is 5.11 Å². The molecule has 0 bridgehead atoms. The van der Waals surface area contributed by atoms with Crippen LogP contribution in [0.25, 0.3) is 6.08 Å². The average Bonchev–Trinajstić information content (AvgIpc) is 3.21. The number of hydrogen-bond donors (Lipinski definition) is 1. The second-order valence-corrected chi connectivity index (χ2v) is 7.61. The van der Waals surface area contributed by atoms with Crippen LogP contribution in [0.5, 0.6) is 0 Å². The van der Waals surface area contributed by atoms with Gasteiger partial charge in [0, 0.05) is 13.1 Å². The zero-order valence-corrected chi connectivity index (χ0v) is 16.9. The van der Waals surface area contributed by atoms with Crippen LogP contribution in [-0.2, 0) is 9.59 Å². The smallest absolute Gasteiger partial charge is 0.270 e. The minimum absolute atomic E-state index is 0.0548. The van der Waals surface area contributed by atoms with E-state index in [1.807, 2.05) is 4.90 Å². The van der Waals surface area contributed by atoms with Gasteiger partial charge in [0.05, 0.1) is 16.4 Å². The maximum atomic E-state index is 14.6. The van der Waals surface area contributed by atoms with Crippen LogP contribution in [0.4, 0.5) is 15.8 Å². The van der Waals surface area contributed by atoms with E-state index in [1.165, 1.54) is 17.0 Å². The second-order valence-electron chi connectivity index (χ2n) is 6.81. The van der Waals surface area contributed by atoms with Crippen LogP contribution in [0.1, 0.15) is 18.4 Å². The van der Waals surface area contributed by atoms with E-state index in [2.05, 4.69) is 5.32 Å². The molecule has 2 aromatic carbocycles. The molecule has 148 valence electrons. The number of nitrogens with one attached hydrogen (secondary N) is 1. The predicted octanol–water partition coefficient (Wildman–Crippen LogP) is 3.91. The van der Waals surface area contributed by atoms with Gasteiger partial charge in [0.1, 0.15) is 11.4 Å². The third kappa shape index (κ3) is 3.75. The van der Waals surface area contributed by atoms with Gasteiger partial charge >= 0.3 is 0 Å². The Labute approximate surface area is 177 Å². The normalized spacial score (nSPS) is 18.6. The molecule has 0 aromatic heterocycles. The van der Waals surface area contributed by atoms with Gasteiger partial charge < -0.3 is 4.90 Å².